The molecule has 0 unspecified atom stereocenters. The second kappa shape index (κ2) is 7.51. The van der Waals surface area contributed by atoms with E-state index in [9.17, 15) is 9.18 Å². The zero-order valence-electron chi connectivity index (χ0n) is 15.3. The van der Waals surface area contributed by atoms with Crippen LogP contribution < -0.4 is 15.5 Å². The van der Waals surface area contributed by atoms with Gasteiger partial charge >= 0.3 is 6.03 Å². The van der Waals surface area contributed by atoms with Crippen molar-refractivity contribution in [2.75, 3.05) is 24.3 Å². The highest BCUT2D eigenvalue weighted by Crippen LogP contribution is 2.32. The molecular weight excluding hydrogens is 319 g/mol. The van der Waals surface area contributed by atoms with E-state index in [4.69, 9.17) is 0 Å². The van der Waals surface area contributed by atoms with Crippen LogP contribution in [0.25, 0.3) is 0 Å². The molecular formula is C19H25FN4O. The molecule has 6 heteroatoms. The average molecular weight is 344 g/mol. The number of amides is 2. The molecule has 0 radical (unpaired) electrons. The molecule has 1 heterocycles. The molecule has 1 aromatic carbocycles. The predicted molar refractivity (Wildman–Crippen MR) is 99.3 cm³/mol. The van der Waals surface area contributed by atoms with E-state index in [1.807, 2.05) is 45.8 Å². The molecule has 2 amide bonds. The van der Waals surface area contributed by atoms with E-state index >= 15 is 0 Å². The zero-order valence-corrected chi connectivity index (χ0v) is 15.3. The quantitative estimate of drug-likeness (QED) is 0.874. The molecule has 25 heavy (non-hydrogen) atoms. The molecule has 0 saturated carbocycles. The van der Waals surface area contributed by atoms with Gasteiger partial charge < -0.3 is 15.5 Å². The number of anilines is 2. The van der Waals surface area contributed by atoms with Crippen molar-refractivity contribution >= 4 is 17.5 Å². The van der Waals surface area contributed by atoms with Gasteiger partial charge in [-0.3, -0.25) is 0 Å². The van der Waals surface area contributed by atoms with Gasteiger partial charge in [0.25, 0.3) is 0 Å². The van der Waals surface area contributed by atoms with Gasteiger partial charge in [0.05, 0.1) is 17.9 Å². The first kappa shape index (κ1) is 18.7. The number of pyridine rings is 1. The Morgan fingerprint density at radius 2 is 1.76 bits per heavy atom. The van der Waals surface area contributed by atoms with E-state index in [0.29, 0.717) is 5.69 Å². The van der Waals surface area contributed by atoms with Crippen LogP contribution >= 0.6 is 0 Å². The van der Waals surface area contributed by atoms with Crippen LogP contribution in [-0.2, 0) is 0 Å². The van der Waals surface area contributed by atoms with Crippen molar-refractivity contribution in [1.29, 1.82) is 0 Å². The summed E-state index contributed by atoms with van der Waals surface area (Å²) in [6, 6.07) is 9.22. The fourth-order valence-corrected chi connectivity index (χ4v) is 2.48. The number of rotatable bonds is 4. The number of aromatic nitrogens is 1. The van der Waals surface area contributed by atoms with E-state index in [1.165, 1.54) is 12.1 Å². The molecule has 0 fully saturated rings. The van der Waals surface area contributed by atoms with Crippen LogP contribution in [0.2, 0.25) is 0 Å². The molecule has 0 aliphatic rings. The number of urea groups is 1. The molecule has 0 spiro atoms. The number of carbonyl (C=O) groups is 1. The van der Waals surface area contributed by atoms with E-state index in [0.717, 1.165) is 11.4 Å². The summed E-state index contributed by atoms with van der Waals surface area (Å²) in [4.78, 5) is 18.5. The number of benzene rings is 1. The van der Waals surface area contributed by atoms with Crippen molar-refractivity contribution in [2.24, 2.45) is 5.41 Å². The fraction of sp³-hybridized carbons (Fsp3) is 0.368. The Kier molecular flexibility index (Phi) is 5.62. The summed E-state index contributed by atoms with van der Waals surface area (Å²) < 4.78 is 13.2. The second-order valence-corrected chi connectivity index (χ2v) is 7.25. The third kappa shape index (κ3) is 5.17. The van der Waals surface area contributed by atoms with E-state index in [2.05, 4.69) is 15.6 Å². The van der Waals surface area contributed by atoms with Gasteiger partial charge in [-0.05, 0) is 35.2 Å². The summed E-state index contributed by atoms with van der Waals surface area (Å²) in [5.74, 6) is 0.512. The molecule has 2 aromatic rings. The Bertz CT molecular complexity index is 706. The monoisotopic (exact) mass is 344 g/mol. The van der Waals surface area contributed by atoms with Crippen LogP contribution in [0.1, 0.15) is 32.4 Å². The first-order valence-electron chi connectivity index (χ1n) is 8.13. The number of nitrogens with zero attached hydrogens (tertiary/aromatic N) is 2. The molecule has 1 atom stereocenters. The highest BCUT2D eigenvalue weighted by molar-refractivity contribution is 5.89. The van der Waals surface area contributed by atoms with Gasteiger partial charge in [-0.1, -0.05) is 32.9 Å². The Labute approximate surface area is 148 Å². The van der Waals surface area contributed by atoms with Gasteiger partial charge in [-0.15, -0.1) is 0 Å². The first-order chi connectivity index (χ1) is 11.7. The lowest BCUT2D eigenvalue weighted by Gasteiger charge is -2.32. The lowest BCUT2D eigenvalue weighted by Crippen LogP contribution is -2.39. The molecule has 0 aliphatic carbocycles. The molecule has 5 nitrogen and oxygen atoms in total. The zero-order chi connectivity index (χ0) is 18.6. The van der Waals surface area contributed by atoms with Crippen molar-refractivity contribution in [1.82, 2.24) is 10.3 Å². The van der Waals surface area contributed by atoms with Crippen LogP contribution in [0.5, 0.6) is 0 Å². The summed E-state index contributed by atoms with van der Waals surface area (Å²) in [6.07, 6.45) is 1.61. The number of hydrogen-bond acceptors (Lipinski definition) is 3. The largest absolute Gasteiger partial charge is 0.363 e. The van der Waals surface area contributed by atoms with Gasteiger partial charge in [0.1, 0.15) is 11.6 Å². The van der Waals surface area contributed by atoms with E-state index in [-0.39, 0.29) is 23.3 Å². The van der Waals surface area contributed by atoms with Gasteiger partial charge in [-0.25, -0.2) is 14.2 Å². The van der Waals surface area contributed by atoms with Crippen molar-refractivity contribution in [3.63, 3.8) is 0 Å². The Hall–Kier alpha value is -2.63. The highest BCUT2D eigenvalue weighted by Gasteiger charge is 2.28. The maximum atomic E-state index is 13.2. The molecule has 2 N–H and O–H groups in total. The Balaban J connectivity index is 2.10. The number of nitrogens with one attached hydrogen (secondary N) is 2. The van der Waals surface area contributed by atoms with Crippen LogP contribution in [0.3, 0.4) is 0 Å². The maximum Gasteiger partial charge on any atom is 0.319 e. The molecule has 134 valence electrons. The third-order valence-corrected chi connectivity index (χ3v) is 3.81. The standard InChI is InChI=1S/C19H25FN4O/c1-19(2,3)17(13-6-8-14(20)9-7-13)23-18(25)22-15-10-11-16(21-12-15)24(4)5/h6-12,17H,1-5H3,(H2,22,23,25)/t17-/m1/s1. The first-order valence-corrected chi connectivity index (χ1v) is 8.13. The normalized spacial score (nSPS) is 12.4. The number of halogens is 1. The minimum absolute atomic E-state index is 0.234. The lowest BCUT2D eigenvalue weighted by molar-refractivity contribution is 0.229. The third-order valence-electron chi connectivity index (χ3n) is 3.81. The summed E-state index contributed by atoms with van der Waals surface area (Å²) >= 11 is 0. The van der Waals surface area contributed by atoms with E-state index in [1.54, 1.807) is 24.4 Å². The molecule has 2 rings (SSSR count). The van der Waals surface area contributed by atoms with Crippen molar-refractivity contribution < 1.29 is 9.18 Å². The van der Waals surface area contributed by atoms with Crippen molar-refractivity contribution in [3.05, 3.63) is 54.0 Å². The predicted octanol–water partition coefficient (Wildman–Crippen LogP) is 4.20. The lowest BCUT2D eigenvalue weighted by atomic mass is 9.82. The Morgan fingerprint density at radius 1 is 1.12 bits per heavy atom. The topological polar surface area (TPSA) is 57.3 Å². The van der Waals surface area contributed by atoms with Gasteiger partial charge in [-0.2, -0.15) is 0 Å². The van der Waals surface area contributed by atoms with Crippen LogP contribution in [-0.4, -0.2) is 25.1 Å². The van der Waals surface area contributed by atoms with E-state index < -0.39 is 0 Å². The molecule has 0 aliphatic heterocycles. The summed E-state index contributed by atoms with van der Waals surface area (Å²) in [5, 5.41) is 5.75. The number of carbonyl (C=O) groups excluding carboxylic acids is 1. The second-order valence-electron chi connectivity index (χ2n) is 7.25. The molecule has 0 bridgehead atoms. The summed E-state index contributed by atoms with van der Waals surface area (Å²) in [5.41, 5.74) is 1.22. The Morgan fingerprint density at radius 3 is 2.24 bits per heavy atom. The SMILES string of the molecule is CN(C)c1ccc(NC(=O)N[C@H](c2ccc(F)cc2)C(C)(C)C)cn1. The highest BCUT2D eigenvalue weighted by atomic mass is 19.1. The van der Waals surface area contributed by atoms with Crippen LogP contribution in [0, 0.1) is 11.2 Å². The summed E-state index contributed by atoms with van der Waals surface area (Å²) in [7, 11) is 3.80. The molecule has 1 aromatic heterocycles. The summed E-state index contributed by atoms with van der Waals surface area (Å²) in [6.45, 7) is 6.07. The minimum atomic E-state index is -0.330. The van der Waals surface area contributed by atoms with Crippen LogP contribution in [0.15, 0.2) is 42.6 Å². The van der Waals surface area contributed by atoms with Crippen molar-refractivity contribution in [2.45, 2.75) is 26.8 Å². The van der Waals surface area contributed by atoms with Gasteiger partial charge in [0, 0.05) is 14.1 Å². The van der Waals surface area contributed by atoms with Gasteiger partial charge in [0.2, 0.25) is 0 Å². The minimum Gasteiger partial charge on any atom is -0.363 e. The van der Waals surface area contributed by atoms with Gasteiger partial charge in [0.15, 0.2) is 0 Å². The van der Waals surface area contributed by atoms with Crippen molar-refractivity contribution in [3.8, 4) is 0 Å². The maximum absolute atomic E-state index is 13.2. The fourth-order valence-electron chi connectivity index (χ4n) is 2.48. The average Bonchev–Trinajstić information content (AvgIpc) is 2.53. The van der Waals surface area contributed by atoms with Crippen LogP contribution in [0.4, 0.5) is 20.7 Å². The smallest absolute Gasteiger partial charge is 0.319 e. The molecule has 0 saturated heterocycles. The number of hydrogen-bond donors (Lipinski definition) is 2.